The minimum Gasteiger partial charge on any atom is -0.505 e. The van der Waals surface area contributed by atoms with E-state index in [1.807, 2.05) is 0 Å². The van der Waals surface area contributed by atoms with Gasteiger partial charge in [0, 0.05) is 0 Å². The van der Waals surface area contributed by atoms with Crippen molar-refractivity contribution in [1.29, 1.82) is 0 Å². The van der Waals surface area contributed by atoms with Crippen molar-refractivity contribution in [3.05, 3.63) is 60.7 Å². The molecule has 0 bridgehead atoms. The lowest BCUT2D eigenvalue weighted by atomic mass is 10.1. The van der Waals surface area contributed by atoms with Gasteiger partial charge in [-0.15, -0.1) is 10.2 Å². The second-order valence-corrected chi connectivity index (χ2v) is 14.2. The quantitative estimate of drug-likeness (QED) is 0.112. The van der Waals surface area contributed by atoms with Gasteiger partial charge in [-0.25, -0.2) is 0 Å². The van der Waals surface area contributed by atoms with Crippen molar-refractivity contribution in [2.24, 2.45) is 20.5 Å². The van der Waals surface area contributed by atoms with E-state index >= 15 is 0 Å². The smallest absolute Gasteiger partial charge is 0.296 e. The molecule has 0 aliphatic carbocycles. The SMILES string of the molecule is O=S(=O)(O)c1cccc(N=Nc2c(S(=O)(=O)O)cc3cc(S(=O)(=O)O)c(N=Nc4cccc(S(=O)(=O)O)c4)c(O)c3c2O)c1. The summed E-state index contributed by atoms with van der Waals surface area (Å²) in [5, 5.41) is 34.8. The summed E-state index contributed by atoms with van der Waals surface area (Å²) in [5.74, 6) is -2.46. The monoisotopic (exact) mass is 688 g/mol. The molecule has 0 unspecified atom stereocenters. The third-order valence-electron chi connectivity index (χ3n) is 5.57. The number of hydrogen-bond donors (Lipinski definition) is 6. The molecule has 0 saturated heterocycles. The van der Waals surface area contributed by atoms with E-state index in [2.05, 4.69) is 20.5 Å². The molecule has 0 aromatic heterocycles. The van der Waals surface area contributed by atoms with Gasteiger partial charge >= 0.3 is 0 Å². The molecule has 6 N–H and O–H groups in total. The maximum atomic E-state index is 12.1. The van der Waals surface area contributed by atoms with E-state index in [0.29, 0.717) is 12.1 Å². The van der Waals surface area contributed by atoms with E-state index < -0.39 is 93.7 Å². The summed E-state index contributed by atoms with van der Waals surface area (Å²) in [6.07, 6.45) is 0. The van der Waals surface area contributed by atoms with Crippen LogP contribution in [0.15, 0.2) is 101 Å². The first kappa shape index (κ1) is 32.5. The first-order valence-electron chi connectivity index (χ1n) is 11.2. The van der Waals surface area contributed by atoms with Gasteiger partial charge in [-0.1, -0.05) is 12.1 Å². The number of azo groups is 2. The van der Waals surface area contributed by atoms with Crippen LogP contribution in [-0.4, -0.2) is 62.1 Å². The molecule has 18 nitrogen and oxygen atoms in total. The molecule has 0 aliphatic heterocycles. The molecule has 0 aliphatic rings. The number of hydrogen-bond acceptors (Lipinski definition) is 14. The Hall–Kier alpha value is -4.42. The molecule has 4 aromatic carbocycles. The van der Waals surface area contributed by atoms with Crippen LogP contribution in [0.5, 0.6) is 11.5 Å². The Morgan fingerprint density at radius 1 is 0.477 bits per heavy atom. The molecule has 0 spiro atoms. The van der Waals surface area contributed by atoms with Crippen LogP contribution in [0.3, 0.4) is 0 Å². The van der Waals surface area contributed by atoms with Gasteiger partial charge in [0.15, 0.2) is 11.5 Å². The van der Waals surface area contributed by atoms with Gasteiger partial charge in [0.05, 0.1) is 26.6 Å². The molecule has 0 atom stereocenters. The van der Waals surface area contributed by atoms with Gasteiger partial charge in [0.1, 0.15) is 21.2 Å². The summed E-state index contributed by atoms with van der Waals surface area (Å²) in [6.45, 7) is 0. The van der Waals surface area contributed by atoms with Crippen molar-refractivity contribution in [1.82, 2.24) is 0 Å². The predicted octanol–water partition coefficient (Wildman–Crippen LogP) is 4.07. The fourth-order valence-corrected chi connectivity index (χ4v) is 6.03. The van der Waals surface area contributed by atoms with Gasteiger partial charge < -0.3 is 10.2 Å². The number of aromatic hydroxyl groups is 2. The molecule has 4 aromatic rings. The summed E-state index contributed by atoms with van der Waals surface area (Å²) in [6, 6.07) is 9.31. The van der Waals surface area contributed by atoms with E-state index in [4.69, 9.17) is 0 Å². The zero-order chi connectivity index (χ0) is 32.8. The first-order valence-corrected chi connectivity index (χ1v) is 16.9. The lowest BCUT2D eigenvalue weighted by molar-refractivity contribution is 0.458. The van der Waals surface area contributed by atoms with E-state index in [1.54, 1.807) is 0 Å². The van der Waals surface area contributed by atoms with Gasteiger partial charge in [-0.2, -0.15) is 43.9 Å². The number of fused-ring (bicyclic) bond motifs is 1. The Balaban J connectivity index is 2.00. The first-order chi connectivity index (χ1) is 20.2. The number of benzene rings is 4. The molecule has 232 valence electrons. The topological polar surface area (TPSA) is 307 Å². The van der Waals surface area contributed by atoms with Crippen molar-refractivity contribution in [2.75, 3.05) is 0 Å². The lowest BCUT2D eigenvalue weighted by Gasteiger charge is -2.13. The average Bonchev–Trinajstić information content (AvgIpc) is 2.90. The minimum absolute atomic E-state index is 0.298. The number of nitrogens with zero attached hydrogens (tertiary/aromatic N) is 4. The van der Waals surface area contributed by atoms with Crippen LogP contribution >= 0.6 is 0 Å². The maximum absolute atomic E-state index is 12.1. The van der Waals surface area contributed by atoms with Gasteiger partial charge in [-0.05, 0) is 53.9 Å². The fourth-order valence-electron chi connectivity index (χ4n) is 3.68. The second-order valence-electron chi connectivity index (χ2n) is 8.54. The Morgan fingerprint density at radius 3 is 1.16 bits per heavy atom. The average molecular weight is 689 g/mol. The van der Waals surface area contributed by atoms with Crippen molar-refractivity contribution in [3.8, 4) is 11.5 Å². The van der Waals surface area contributed by atoms with Crippen molar-refractivity contribution in [2.45, 2.75) is 19.6 Å². The van der Waals surface area contributed by atoms with Gasteiger partial charge in [0.25, 0.3) is 40.5 Å². The third kappa shape index (κ3) is 6.87. The van der Waals surface area contributed by atoms with Crippen LogP contribution in [0.2, 0.25) is 0 Å². The molecule has 4 rings (SSSR count). The molecule has 0 radical (unpaired) electrons. The number of phenols is 2. The highest BCUT2D eigenvalue weighted by molar-refractivity contribution is 7.86. The standard InChI is InChI=1S/C22H16N4O14S4/c27-21-18-11(7-16(43(35,36)37)19(21)25-23-12-3-1-5-14(9-12)41(29,30)31)8-17(44(38,39)40)20(22(18)28)26-24-13-4-2-6-15(10-13)42(32,33)34/h1-10,27-28H,(H,29,30,31)(H,32,33,34)(H,35,36,37)(H,38,39,40). The van der Waals surface area contributed by atoms with Crippen molar-refractivity contribution >= 4 is 74.0 Å². The van der Waals surface area contributed by atoms with Crippen LogP contribution in [0.25, 0.3) is 10.8 Å². The summed E-state index contributed by atoms with van der Waals surface area (Å²) < 4.78 is 132. The highest BCUT2D eigenvalue weighted by Gasteiger charge is 2.29. The maximum Gasteiger partial charge on any atom is 0.296 e. The highest BCUT2D eigenvalue weighted by Crippen LogP contribution is 2.50. The van der Waals surface area contributed by atoms with Crippen molar-refractivity contribution in [3.63, 3.8) is 0 Å². The van der Waals surface area contributed by atoms with E-state index in [0.717, 1.165) is 48.5 Å². The third-order valence-corrected chi connectivity index (χ3v) is 9.00. The van der Waals surface area contributed by atoms with Gasteiger partial charge in [0.2, 0.25) is 0 Å². The van der Waals surface area contributed by atoms with E-state index in [9.17, 15) is 62.1 Å². The van der Waals surface area contributed by atoms with Gasteiger partial charge in [-0.3, -0.25) is 18.2 Å². The Bertz CT molecular complexity index is 2190. The molecule has 0 fully saturated rings. The molecule has 0 heterocycles. The normalized spacial score (nSPS) is 13.3. The molecule has 0 amide bonds. The fraction of sp³-hybridized carbons (Fsp3) is 0. The van der Waals surface area contributed by atoms with Crippen molar-refractivity contribution < 1.29 is 62.1 Å². The highest BCUT2D eigenvalue weighted by atomic mass is 32.2. The Kier molecular flexibility index (Phi) is 8.31. The van der Waals surface area contributed by atoms with E-state index in [-0.39, 0.29) is 11.4 Å². The minimum atomic E-state index is -5.27. The predicted molar refractivity (Wildman–Crippen MR) is 148 cm³/mol. The Labute approximate surface area is 247 Å². The lowest BCUT2D eigenvalue weighted by Crippen LogP contribution is -2.01. The zero-order valence-electron chi connectivity index (χ0n) is 21.1. The number of phenolic OH excluding ortho intramolecular Hbond substituents is 2. The molecular formula is C22H16N4O14S4. The summed E-state index contributed by atoms with van der Waals surface area (Å²) in [4.78, 5) is -3.60. The molecular weight excluding hydrogens is 673 g/mol. The summed E-state index contributed by atoms with van der Waals surface area (Å²) >= 11 is 0. The number of rotatable bonds is 8. The molecule has 0 saturated carbocycles. The van der Waals surface area contributed by atoms with Crippen LogP contribution in [-0.2, 0) is 40.5 Å². The summed E-state index contributed by atoms with van der Waals surface area (Å²) in [5.41, 5.74) is -2.66. The zero-order valence-corrected chi connectivity index (χ0v) is 24.4. The second kappa shape index (κ2) is 11.3. The van der Waals surface area contributed by atoms with Crippen LogP contribution in [0.4, 0.5) is 22.7 Å². The molecule has 22 heteroatoms. The summed E-state index contributed by atoms with van der Waals surface area (Å²) in [7, 11) is -19.9. The van der Waals surface area contributed by atoms with Crippen LogP contribution in [0, 0.1) is 0 Å². The Morgan fingerprint density at radius 2 is 0.841 bits per heavy atom. The van der Waals surface area contributed by atoms with E-state index in [1.165, 1.54) is 0 Å². The van der Waals surface area contributed by atoms with Crippen LogP contribution < -0.4 is 0 Å². The van der Waals surface area contributed by atoms with Crippen LogP contribution in [0.1, 0.15) is 0 Å². The largest absolute Gasteiger partial charge is 0.505 e. The molecule has 44 heavy (non-hydrogen) atoms.